The van der Waals surface area contributed by atoms with E-state index in [-0.39, 0.29) is 5.56 Å². The predicted octanol–water partition coefficient (Wildman–Crippen LogP) is 0.365. The van der Waals surface area contributed by atoms with Gasteiger partial charge in [-0.1, -0.05) is 0 Å². The molecular weight excluding hydrogens is 251 g/mol. The largest absolute Gasteiger partial charge is 0.275 e. The molecule has 0 bridgehead atoms. The molecule has 19 heavy (non-hydrogen) atoms. The molecule has 0 unspecified atom stereocenters. The van der Waals surface area contributed by atoms with Crippen LogP contribution in [0.1, 0.15) is 21.6 Å². The molecule has 8 heteroatoms. The maximum absolute atomic E-state index is 13.6. The summed E-state index contributed by atoms with van der Waals surface area (Å²) in [7, 11) is 3.20. The summed E-state index contributed by atoms with van der Waals surface area (Å²) in [5, 5.41) is 11.5. The number of hydrogen-bond acceptors (Lipinski definition) is 4. The van der Waals surface area contributed by atoms with Crippen LogP contribution in [0, 0.1) is 12.9 Å². The topological polar surface area (TPSA) is 77.1 Å². The molecule has 2 heterocycles. The van der Waals surface area contributed by atoms with Gasteiger partial charge in [-0.15, -0.1) is 0 Å². The van der Waals surface area contributed by atoms with E-state index in [9.17, 15) is 9.18 Å². The summed E-state index contributed by atoms with van der Waals surface area (Å²) in [5.74, 6) is -0.914. The normalized spacial score (nSPS) is 11.2. The molecule has 0 aliphatic heterocycles. The van der Waals surface area contributed by atoms with Crippen LogP contribution in [0.15, 0.2) is 17.5 Å². The van der Waals surface area contributed by atoms with Gasteiger partial charge in [0.1, 0.15) is 0 Å². The molecule has 1 amide bonds. The van der Waals surface area contributed by atoms with Gasteiger partial charge in [0.05, 0.1) is 29.2 Å². The summed E-state index contributed by atoms with van der Waals surface area (Å²) in [4.78, 5) is 11.6. The van der Waals surface area contributed by atoms with Crippen molar-refractivity contribution in [1.29, 1.82) is 0 Å². The van der Waals surface area contributed by atoms with Crippen LogP contribution in [0.2, 0.25) is 0 Å². The van der Waals surface area contributed by atoms with E-state index in [0.29, 0.717) is 11.3 Å². The fourth-order valence-electron chi connectivity index (χ4n) is 1.55. The number of aryl methyl sites for hydroxylation is 3. The summed E-state index contributed by atoms with van der Waals surface area (Å²) < 4.78 is 16.2. The highest BCUT2D eigenvalue weighted by Gasteiger charge is 2.11. The van der Waals surface area contributed by atoms with Gasteiger partial charge >= 0.3 is 0 Å². The van der Waals surface area contributed by atoms with Gasteiger partial charge in [0.15, 0.2) is 0 Å². The van der Waals surface area contributed by atoms with Crippen LogP contribution in [0.3, 0.4) is 0 Å². The molecule has 2 aromatic rings. The van der Waals surface area contributed by atoms with E-state index >= 15 is 0 Å². The highest BCUT2D eigenvalue weighted by atomic mass is 19.1. The Bertz CT molecular complexity index is 642. The maximum Gasteiger partial charge on any atom is 0.274 e. The van der Waals surface area contributed by atoms with Gasteiger partial charge in [0.2, 0.25) is 5.95 Å². The molecule has 0 saturated heterocycles. The summed E-state index contributed by atoms with van der Waals surface area (Å²) in [6.45, 7) is 1.66. The number of hydrazone groups is 1. The third-order valence-electron chi connectivity index (χ3n) is 2.52. The second-order valence-electron chi connectivity index (χ2n) is 4.02. The first-order chi connectivity index (χ1) is 8.99. The number of nitrogens with zero attached hydrogens (tertiary/aromatic N) is 5. The van der Waals surface area contributed by atoms with E-state index in [4.69, 9.17) is 0 Å². The Morgan fingerprint density at radius 1 is 1.53 bits per heavy atom. The Labute approximate surface area is 108 Å². The lowest BCUT2D eigenvalue weighted by atomic mass is 10.3. The average Bonchev–Trinajstić information content (AvgIpc) is 2.88. The molecule has 7 nitrogen and oxygen atoms in total. The molecule has 2 rings (SSSR count). The molecule has 0 fully saturated rings. The minimum Gasteiger partial charge on any atom is -0.275 e. The average molecular weight is 264 g/mol. The van der Waals surface area contributed by atoms with Gasteiger partial charge in [-0.05, 0) is 6.92 Å². The number of amides is 1. The summed E-state index contributed by atoms with van der Waals surface area (Å²) in [6.07, 6.45) is 4.20. The van der Waals surface area contributed by atoms with Crippen molar-refractivity contribution in [3.63, 3.8) is 0 Å². The fourth-order valence-corrected chi connectivity index (χ4v) is 1.55. The fraction of sp³-hybridized carbons (Fsp3) is 0.273. The van der Waals surface area contributed by atoms with Crippen molar-refractivity contribution in [3.8, 4) is 0 Å². The lowest BCUT2D eigenvalue weighted by Crippen LogP contribution is -2.17. The predicted molar refractivity (Wildman–Crippen MR) is 66.2 cm³/mol. The zero-order valence-corrected chi connectivity index (χ0v) is 10.8. The van der Waals surface area contributed by atoms with Gasteiger partial charge in [-0.25, -0.2) is 10.1 Å². The van der Waals surface area contributed by atoms with Gasteiger partial charge in [0.25, 0.3) is 5.91 Å². The Hall–Kier alpha value is -2.51. The lowest BCUT2D eigenvalue weighted by Gasteiger charge is -1.95. The van der Waals surface area contributed by atoms with E-state index in [0.717, 1.165) is 4.68 Å². The molecule has 0 aliphatic rings. The van der Waals surface area contributed by atoms with Crippen LogP contribution in [0.4, 0.5) is 4.39 Å². The number of halogens is 1. The Kier molecular flexibility index (Phi) is 3.41. The Morgan fingerprint density at radius 2 is 2.26 bits per heavy atom. The van der Waals surface area contributed by atoms with Crippen molar-refractivity contribution in [1.82, 2.24) is 25.0 Å². The zero-order chi connectivity index (χ0) is 14.0. The molecule has 2 aromatic heterocycles. The smallest absolute Gasteiger partial charge is 0.274 e. The van der Waals surface area contributed by atoms with Crippen molar-refractivity contribution in [2.24, 2.45) is 19.2 Å². The minimum atomic E-state index is -0.503. The Balaban J connectivity index is 2.06. The van der Waals surface area contributed by atoms with Crippen molar-refractivity contribution in [2.75, 3.05) is 0 Å². The molecule has 0 radical (unpaired) electrons. The number of rotatable bonds is 3. The zero-order valence-electron chi connectivity index (χ0n) is 10.8. The number of hydrogen-bond donors (Lipinski definition) is 1. The second-order valence-corrected chi connectivity index (χ2v) is 4.02. The highest BCUT2D eigenvalue weighted by Crippen LogP contribution is 2.07. The van der Waals surface area contributed by atoms with Crippen molar-refractivity contribution >= 4 is 12.1 Å². The monoisotopic (exact) mass is 264 g/mol. The van der Waals surface area contributed by atoms with E-state index in [1.54, 1.807) is 20.2 Å². The molecular formula is C11H13FN6O. The van der Waals surface area contributed by atoms with E-state index in [1.807, 2.05) is 0 Å². The van der Waals surface area contributed by atoms with Crippen LogP contribution in [-0.4, -0.2) is 31.7 Å². The van der Waals surface area contributed by atoms with Gasteiger partial charge < -0.3 is 0 Å². The third-order valence-corrected chi connectivity index (χ3v) is 2.52. The molecule has 0 aliphatic carbocycles. The van der Waals surface area contributed by atoms with Crippen LogP contribution < -0.4 is 5.43 Å². The number of nitrogens with one attached hydrogen (secondary N) is 1. The first-order valence-electron chi connectivity index (χ1n) is 5.50. The van der Waals surface area contributed by atoms with Crippen LogP contribution >= 0.6 is 0 Å². The minimum absolute atomic E-state index is 0.244. The van der Waals surface area contributed by atoms with Gasteiger partial charge in [0, 0.05) is 20.3 Å². The maximum atomic E-state index is 13.6. The quantitative estimate of drug-likeness (QED) is 0.642. The lowest BCUT2D eigenvalue weighted by molar-refractivity contribution is 0.0955. The van der Waals surface area contributed by atoms with E-state index in [2.05, 4.69) is 20.7 Å². The molecule has 0 spiro atoms. The number of carbonyl (C=O) groups excluding carboxylic acids is 1. The Morgan fingerprint density at radius 3 is 2.79 bits per heavy atom. The van der Waals surface area contributed by atoms with Gasteiger partial charge in [-0.3, -0.25) is 9.48 Å². The molecule has 100 valence electrons. The highest BCUT2D eigenvalue weighted by molar-refractivity contribution is 5.94. The first-order valence-corrected chi connectivity index (χ1v) is 5.50. The van der Waals surface area contributed by atoms with Crippen LogP contribution in [-0.2, 0) is 14.1 Å². The van der Waals surface area contributed by atoms with Crippen molar-refractivity contribution < 1.29 is 9.18 Å². The molecule has 0 saturated carbocycles. The second kappa shape index (κ2) is 5.01. The molecule has 1 N–H and O–H groups in total. The molecule has 0 atom stereocenters. The standard InChI is InChI=1S/C11H13FN6O/c1-7-9(10(12)18(3)16-7)5-13-15-11(19)8-4-14-17(2)6-8/h4-6H,1-3H3,(H,15,19). The van der Waals surface area contributed by atoms with Crippen molar-refractivity contribution in [2.45, 2.75) is 6.92 Å². The molecule has 0 aromatic carbocycles. The first kappa shape index (κ1) is 12.9. The van der Waals surface area contributed by atoms with Crippen LogP contribution in [0.25, 0.3) is 0 Å². The summed E-state index contributed by atoms with van der Waals surface area (Å²) >= 11 is 0. The SMILES string of the molecule is Cc1nn(C)c(F)c1C=NNC(=O)c1cnn(C)c1. The van der Waals surface area contributed by atoms with E-state index < -0.39 is 11.9 Å². The number of aromatic nitrogens is 4. The van der Waals surface area contributed by atoms with E-state index in [1.165, 1.54) is 24.1 Å². The summed E-state index contributed by atoms with van der Waals surface area (Å²) in [5.41, 5.74) is 3.42. The van der Waals surface area contributed by atoms with Crippen LogP contribution in [0.5, 0.6) is 0 Å². The summed E-state index contributed by atoms with van der Waals surface area (Å²) in [6, 6.07) is 0. The number of carbonyl (C=O) groups is 1. The van der Waals surface area contributed by atoms with Crippen molar-refractivity contribution in [3.05, 3.63) is 35.2 Å². The third kappa shape index (κ3) is 2.67. The van der Waals surface area contributed by atoms with Gasteiger partial charge in [-0.2, -0.15) is 19.7 Å².